The van der Waals surface area contributed by atoms with Crippen molar-refractivity contribution in [3.8, 4) is 0 Å². The van der Waals surface area contributed by atoms with E-state index in [0.29, 0.717) is 12.8 Å². The first-order valence-electron chi connectivity index (χ1n) is 10.3. The Kier molecular flexibility index (Phi) is 4.10. The molecule has 6 nitrogen and oxygen atoms in total. The van der Waals surface area contributed by atoms with Crippen LogP contribution in [-0.2, 0) is 22.4 Å². The summed E-state index contributed by atoms with van der Waals surface area (Å²) in [6.45, 7) is 0.864. The summed E-state index contributed by atoms with van der Waals surface area (Å²) in [6, 6.07) is 7.84. The lowest BCUT2D eigenvalue weighted by Gasteiger charge is -2.43. The lowest BCUT2D eigenvalue weighted by molar-refractivity contribution is -0.146. The molecule has 2 fully saturated rings. The molecule has 1 aromatic heterocycles. The van der Waals surface area contributed by atoms with Gasteiger partial charge in [0.15, 0.2) is 5.78 Å². The molecule has 0 bridgehead atoms. The SMILES string of the molecule is CN1CC2(CC2)C[C@H](C(=O)NO)[C@H]1C(=O)C1CCc2c([nH]c3ccccc23)C1. The molecule has 0 radical (unpaired) electrons. The summed E-state index contributed by atoms with van der Waals surface area (Å²) < 4.78 is 0. The number of para-hydroxylation sites is 1. The Morgan fingerprint density at radius 3 is 2.82 bits per heavy atom. The summed E-state index contributed by atoms with van der Waals surface area (Å²) in [4.78, 5) is 31.5. The molecule has 3 aliphatic rings. The second kappa shape index (κ2) is 6.42. The van der Waals surface area contributed by atoms with Gasteiger partial charge in [0.1, 0.15) is 0 Å². The monoisotopic (exact) mass is 381 g/mol. The van der Waals surface area contributed by atoms with E-state index in [1.807, 2.05) is 18.6 Å². The Morgan fingerprint density at radius 2 is 2.07 bits per heavy atom. The zero-order chi connectivity index (χ0) is 19.5. The number of aryl methyl sites for hydroxylation is 1. The van der Waals surface area contributed by atoms with Crippen LogP contribution >= 0.6 is 0 Å². The van der Waals surface area contributed by atoms with Gasteiger partial charge in [0, 0.05) is 29.1 Å². The molecule has 1 saturated heterocycles. The van der Waals surface area contributed by atoms with Crippen LogP contribution in [0.5, 0.6) is 0 Å². The first-order chi connectivity index (χ1) is 13.5. The third-order valence-corrected chi connectivity index (χ3v) is 7.29. The number of likely N-dealkylation sites (tertiary alicyclic amines) is 1. The van der Waals surface area contributed by atoms with Crippen LogP contribution in [0, 0.1) is 17.3 Å². The van der Waals surface area contributed by atoms with Gasteiger partial charge in [0.05, 0.1) is 12.0 Å². The van der Waals surface area contributed by atoms with Crippen LogP contribution in [0.15, 0.2) is 24.3 Å². The zero-order valence-corrected chi connectivity index (χ0v) is 16.2. The van der Waals surface area contributed by atoms with Gasteiger partial charge in [-0.1, -0.05) is 18.2 Å². The number of nitrogens with zero attached hydrogens (tertiary/aromatic N) is 1. The number of ketones is 1. The predicted molar refractivity (Wildman–Crippen MR) is 105 cm³/mol. The summed E-state index contributed by atoms with van der Waals surface area (Å²) in [5.74, 6) is -0.827. The van der Waals surface area contributed by atoms with E-state index in [-0.39, 0.29) is 17.1 Å². The fraction of sp³-hybridized carbons (Fsp3) is 0.545. The molecular weight excluding hydrogens is 354 g/mol. The van der Waals surface area contributed by atoms with Crippen molar-refractivity contribution >= 4 is 22.6 Å². The largest absolute Gasteiger partial charge is 0.358 e. The third kappa shape index (κ3) is 2.78. The summed E-state index contributed by atoms with van der Waals surface area (Å²) in [5, 5.41) is 10.5. The minimum absolute atomic E-state index is 0.0877. The van der Waals surface area contributed by atoms with Crippen LogP contribution < -0.4 is 5.48 Å². The van der Waals surface area contributed by atoms with Gasteiger partial charge < -0.3 is 4.98 Å². The molecule has 1 saturated carbocycles. The van der Waals surface area contributed by atoms with Gasteiger partial charge in [0.2, 0.25) is 5.91 Å². The van der Waals surface area contributed by atoms with Crippen molar-refractivity contribution in [2.24, 2.45) is 17.3 Å². The average Bonchev–Trinajstić information content (AvgIpc) is 3.33. The first-order valence-corrected chi connectivity index (χ1v) is 10.3. The Bertz CT molecular complexity index is 946. The first kappa shape index (κ1) is 17.9. The number of likely N-dealkylation sites (N-methyl/N-ethyl adjacent to an activating group) is 1. The number of hydrogen-bond acceptors (Lipinski definition) is 4. The highest BCUT2D eigenvalue weighted by atomic mass is 16.5. The number of aromatic nitrogens is 1. The second-order valence-electron chi connectivity index (χ2n) is 9.12. The number of aromatic amines is 1. The number of piperidine rings is 1. The van der Waals surface area contributed by atoms with Crippen molar-refractivity contribution in [3.05, 3.63) is 35.5 Å². The van der Waals surface area contributed by atoms with Gasteiger partial charge in [-0.15, -0.1) is 0 Å². The van der Waals surface area contributed by atoms with Crippen molar-refractivity contribution < 1.29 is 14.8 Å². The number of carbonyl (C=O) groups is 2. The molecule has 1 aromatic carbocycles. The summed E-state index contributed by atoms with van der Waals surface area (Å²) in [5.41, 5.74) is 5.60. The van der Waals surface area contributed by atoms with Gasteiger partial charge in [-0.25, -0.2) is 5.48 Å². The summed E-state index contributed by atoms with van der Waals surface area (Å²) in [7, 11) is 1.96. The van der Waals surface area contributed by atoms with Crippen molar-refractivity contribution in [2.45, 2.75) is 44.6 Å². The average molecular weight is 381 g/mol. The van der Waals surface area contributed by atoms with Crippen LogP contribution in [0.1, 0.15) is 36.9 Å². The van der Waals surface area contributed by atoms with Gasteiger partial charge in [-0.2, -0.15) is 0 Å². The van der Waals surface area contributed by atoms with E-state index in [1.54, 1.807) is 0 Å². The highest BCUT2D eigenvalue weighted by Gasteiger charge is 2.55. The van der Waals surface area contributed by atoms with E-state index in [9.17, 15) is 14.8 Å². The van der Waals surface area contributed by atoms with Gasteiger partial charge in [-0.3, -0.25) is 19.7 Å². The topological polar surface area (TPSA) is 85.4 Å². The molecule has 2 aromatic rings. The van der Waals surface area contributed by atoms with E-state index in [0.717, 1.165) is 43.4 Å². The van der Waals surface area contributed by atoms with E-state index >= 15 is 0 Å². The number of fused-ring (bicyclic) bond motifs is 3. The minimum atomic E-state index is -0.470. The molecule has 2 aliphatic carbocycles. The van der Waals surface area contributed by atoms with E-state index in [4.69, 9.17) is 0 Å². The van der Waals surface area contributed by atoms with Gasteiger partial charge in [-0.05, 0) is 62.6 Å². The lowest BCUT2D eigenvalue weighted by atomic mass is 9.74. The van der Waals surface area contributed by atoms with Crippen LogP contribution in [0.25, 0.3) is 10.9 Å². The number of H-pyrrole nitrogens is 1. The smallest absolute Gasteiger partial charge is 0.248 e. The predicted octanol–water partition coefficient (Wildman–Crippen LogP) is 2.45. The number of nitrogens with one attached hydrogen (secondary N) is 2. The standard InChI is InChI=1S/C22H27N3O3/c1-25-12-22(8-9-22)11-16(21(27)24-28)19(25)20(26)13-6-7-15-14-4-2-3-5-17(14)23-18(15)10-13/h2-5,13,16,19,23,28H,6-12H2,1H3,(H,24,27)/t13?,16-,19-/m0/s1. The number of rotatable bonds is 3. The van der Waals surface area contributed by atoms with Gasteiger partial charge in [0.25, 0.3) is 0 Å². The molecule has 3 atom stereocenters. The fourth-order valence-electron chi connectivity index (χ4n) is 5.72. The number of hydrogen-bond donors (Lipinski definition) is 3. The number of benzene rings is 1. The second-order valence-corrected chi connectivity index (χ2v) is 9.12. The third-order valence-electron chi connectivity index (χ3n) is 7.29. The maximum absolute atomic E-state index is 13.5. The maximum Gasteiger partial charge on any atom is 0.248 e. The molecule has 1 aliphatic heterocycles. The highest BCUT2D eigenvalue weighted by Crippen LogP contribution is 2.55. The molecule has 6 heteroatoms. The van der Waals surface area contributed by atoms with Crippen molar-refractivity contribution in [2.75, 3.05) is 13.6 Å². The van der Waals surface area contributed by atoms with E-state index in [2.05, 4.69) is 28.1 Å². The normalized spacial score (nSPS) is 28.9. The van der Waals surface area contributed by atoms with Crippen LogP contribution in [0.2, 0.25) is 0 Å². The molecule has 3 N–H and O–H groups in total. The number of amides is 1. The minimum Gasteiger partial charge on any atom is -0.358 e. The van der Waals surface area contributed by atoms with Crippen molar-refractivity contribution in [1.82, 2.24) is 15.4 Å². The van der Waals surface area contributed by atoms with Crippen molar-refractivity contribution in [3.63, 3.8) is 0 Å². The Labute approximate surface area is 164 Å². The molecule has 2 heterocycles. The fourth-order valence-corrected chi connectivity index (χ4v) is 5.72. The number of carbonyl (C=O) groups excluding carboxylic acids is 2. The van der Waals surface area contributed by atoms with Gasteiger partial charge >= 0.3 is 0 Å². The van der Waals surface area contributed by atoms with E-state index in [1.165, 1.54) is 10.9 Å². The molecule has 1 spiro atoms. The Morgan fingerprint density at radius 1 is 1.29 bits per heavy atom. The molecular formula is C22H27N3O3. The quantitative estimate of drug-likeness (QED) is 0.563. The molecule has 5 rings (SSSR count). The highest BCUT2D eigenvalue weighted by molar-refractivity contribution is 5.93. The zero-order valence-electron chi connectivity index (χ0n) is 16.2. The number of Topliss-reactive ketones (excluding diaryl/α,β-unsaturated/α-hetero) is 1. The summed E-state index contributed by atoms with van der Waals surface area (Å²) in [6.07, 6.45) is 5.31. The molecule has 1 unspecified atom stereocenters. The molecule has 1 amide bonds. The summed E-state index contributed by atoms with van der Waals surface area (Å²) >= 11 is 0. The lowest BCUT2D eigenvalue weighted by Crippen LogP contribution is -2.57. The Hall–Kier alpha value is -2.18. The van der Waals surface area contributed by atoms with Crippen molar-refractivity contribution in [1.29, 1.82) is 0 Å². The Balaban J connectivity index is 1.41. The van der Waals surface area contributed by atoms with Crippen LogP contribution in [0.4, 0.5) is 0 Å². The molecule has 148 valence electrons. The molecule has 28 heavy (non-hydrogen) atoms. The van der Waals surface area contributed by atoms with E-state index < -0.39 is 17.9 Å². The van der Waals surface area contributed by atoms with Crippen LogP contribution in [0.3, 0.4) is 0 Å². The van der Waals surface area contributed by atoms with Crippen LogP contribution in [-0.4, -0.2) is 46.4 Å². The maximum atomic E-state index is 13.5. The number of hydroxylamine groups is 1.